The van der Waals surface area contributed by atoms with Gasteiger partial charge in [0.15, 0.2) is 0 Å². The van der Waals surface area contributed by atoms with Gasteiger partial charge in [-0.05, 0) is 25.3 Å². The van der Waals surface area contributed by atoms with Crippen molar-refractivity contribution in [3.63, 3.8) is 0 Å². The Hall–Kier alpha value is -0.370. The molecule has 2 atom stereocenters. The van der Waals surface area contributed by atoms with Crippen LogP contribution in [0.25, 0.3) is 0 Å². The molecule has 1 saturated heterocycles. The van der Waals surface area contributed by atoms with E-state index in [1.807, 2.05) is 6.29 Å². The van der Waals surface area contributed by atoms with Crippen molar-refractivity contribution in [3.05, 3.63) is 0 Å². The smallest absolute Gasteiger partial charge is 0.217 e. The minimum Gasteiger partial charge on any atom is -0.307 e. The Balaban J connectivity index is 2.34. The Morgan fingerprint density at radius 2 is 2.50 bits per heavy atom. The molecule has 1 unspecified atom stereocenters. The van der Waals surface area contributed by atoms with Gasteiger partial charge in [-0.1, -0.05) is 13.3 Å². The van der Waals surface area contributed by atoms with Gasteiger partial charge in [-0.25, -0.2) is 0 Å². The van der Waals surface area contributed by atoms with Gasteiger partial charge < -0.3 is 5.32 Å². The zero-order chi connectivity index (χ0) is 7.40. The van der Waals surface area contributed by atoms with Crippen molar-refractivity contribution in [2.75, 3.05) is 6.54 Å². The van der Waals surface area contributed by atoms with E-state index in [-0.39, 0.29) is 6.04 Å². The molecule has 0 spiro atoms. The molecule has 0 amide bonds. The first kappa shape index (κ1) is 7.73. The first-order valence-corrected chi connectivity index (χ1v) is 3.99. The lowest BCUT2D eigenvalue weighted by Gasteiger charge is -2.10. The summed E-state index contributed by atoms with van der Waals surface area (Å²) in [4.78, 5) is 10.3. The molecule has 1 rings (SSSR count). The standard InChI is InChI=1S/C8H14NO/c1-2-3-7-4-5-9-8(7)6-10/h7-9H,2-5H2,1H3/t7?,8-/m1/s1. The summed E-state index contributed by atoms with van der Waals surface area (Å²) in [5.41, 5.74) is 0. The molecule has 1 radical (unpaired) electrons. The van der Waals surface area contributed by atoms with Crippen molar-refractivity contribution in [3.8, 4) is 0 Å². The molecule has 0 saturated carbocycles. The summed E-state index contributed by atoms with van der Waals surface area (Å²) in [5, 5.41) is 3.12. The minimum atomic E-state index is 0.0277. The molecule has 2 nitrogen and oxygen atoms in total. The van der Waals surface area contributed by atoms with Crippen LogP contribution in [0.5, 0.6) is 0 Å². The fourth-order valence-corrected chi connectivity index (χ4v) is 1.58. The average Bonchev–Trinajstić information content (AvgIpc) is 2.36. The van der Waals surface area contributed by atoms with Crippen LogP contribution in [-0.4, -0.2) is 18.9 Å². The molecule has 1 N–H and O–H groups in total. The fourth-order valence-electron chi connectivity index (χ4n) is 1.58. The molecule has 1 aliphatic heterocycles. The molecule has 0 aromatic heterocycles. The second-order valence-electron chi connectivity index (χ2n) is 2.89. The largest absolute Gasteiger partial charge is 0.307 e. The summed E-state index contributed by atoms with van der Waals surface area (Å²) < 4.78 is 0. The first-order chi connectivity index (χ1) is 4.88. The topological polar surface area (TPSA) is 29.1 Å². The van der Waals surface area contributed by atoms with Crippen LogP contribution >= 0.6 is 0 Å². The van der Waals surface area contributed by atoms with Gasteiger partial charge in [-0.15, -0.1) is 0 Å². The highest BCUT2D eigenvalue weighted by atomic mass is 16.1. The van der Waals surface area contributed by atoms with Gasteiger partial charge in [-0.2, -0.15) is 0 Å². The van der Waals surface area contributed by atoms with E-state index >= 15 is 0 Å². The van der Waals surface area contributed by atoms with Crippen molar-refractivity contribution in [1.29, 1.82) is 0 Å². The number of hydrogen-bond acceptors (Lipinski definition) is 2. The Morgan fingerprint density at radius 3 is 3.10 bits per heavy atom. The molecule has 0 bridgehead atoms. The van der Waals surface area contributed by atoms with Crippen LogP contribution in [0.15, 0.2) is 0 Å². The Labute approximate surface area is 62.0 Å². The highest BCUT2D eigenvalue weighted by Gasteiger charge is 2.25. The van der Waals surface area contributed by atoms with Gasteiger partial charge >= 0.3 is 0 Å². The van der Waals surface area contributed by atoms with Crippen LogP contribution in [0.2, 0.25) is 0 Å². The lowest BCUT2D eigenvalue weighted by atomic mass is 9.97. The van der Waals surface area contributed by atoms with Crippen LogP contribution in [0.3, 0.4) is 0 Å². The van der Waals surface area contributed by atoms with Gasteiger partial charge in [0.1, 0.15) is 0 Å². The van der Waals surface area contributed by atoms with Crippen LogP contribution in [-0.2, 0) is 4.79 Å². The number of rotatable bonds is 3. The zero-order valence-corrected chi connectivity index (χ0v) is 6.39. The summed E-state index contributed by atoms with van der Waals surface area (Å²) in [6.07, 6.45) is 5.52. The molecule has 0 aromatic carbocycles. The molecule has 10 heavy (non-hydrogen) atoms. The van der Waals surface area contributed by atoms with E-state index in [2.05, 4.69) is 12.2 Å². The van der Waals surface area contributed by atoms with Crippen molar-refractivity contribution in [2.45, 2.75) is 32.2 Å². The van der Waals surface area contributed by atoms with E-state index in [0.29, 0.717) is 5.92 Å². The molecule has 1 aliphatic rings. The van der Waals surface area contributed by atoms with E-state index in [0.717, 1.165) is 19.4 Å². The quantitative estimate of drug-likeness (QED) is 0.630. The van der Waals surface area contributed by atoms with Crippen LogP contribution in [0.1, 0.15) is 26.2 Å². The van der Waals surface area contributed by atoms with Gasteiger partial charge in [0, 0.05) is 0 Å². The van der Waals surface area contributed by atoms with E-state index in [4.69, 9.17) is 0 Å². The molecule has 57 valence electrons. The highest BCUT2D eigenvalue weighted by molar-refractivity contribution is 5.59. The lowest BCUT2D eigenvalue weighted by molar-refractivity contribution is 0.454. The average molecular weight is 140 g/mol. The third-order valence-corrected chi connectivity index (χ3v) is 2.14. The summed E-state index contributed by atoms with van der Waals surface area (Å²) in [7, 11) is 0. The summed E-state index contributed by atoms with van der Waals surface area (Å²) in [5.74, 6) is 0.558. The van der Waals surface area contributed by atoms with Gasteiger partial charge in [0.05, 0.1) is 6.04 Å². The third kappa shape index (κ3) is 1.57. The Morgan fingerprint density at radius 1 is 1.70 bits per heavy atom. The lowest BCUT2D eigenvalue weighted by Crippen LogP contribution is -2.28. The second kappa shape index (κ2) is 3.71. The predicted molar refractivity (Wildman–Crippen MR) is 40.5 cm³/mol. The van der Waals surface area contributed by atoms with Crippen molar-refractivity contribution in [1.82, 2.24) is 5.32 Å². The molecular weight excluding hydrogens is 126 g/mol. The zero-order valence-electron chi connectivity index (χ0n) is 6.39. The normalized spacial score (nSPS) is 32.5. The molecular formula is C8H14NO. The monoisotopic (exact) mass is 140 g/mol. The fraction of sp³-hybridized carbons (Fsp3) is 0.875. The molecule has 0 aliphatic carbocycles. The number of hydrogen-bond donors (Lipinski definition) is 1. The first-order valence-electron chi connectivity index (χ1n) is 3.99. The van der Waals surface area contributed by atoms with Crippen molar-refractivity contribution in [2.24, 2.45) is 5.92 Å². The maximum atomic E-state index is 10.3. The molecule has 1 fully saturated rings. The van der Waals surface area contributed by atoms with E-state index in [9.17, 15) is 4.79 Å². The van der Waals surface area contributed by atoms with Crippen molar-refractivity contribution < 1.29 is 4.79 Å². The van der Waals surface area contributed by atoms with E-state index < -0.39 is 0 Å². The molecule has 2 heteroatoms. The van der Waals surface area contributed by atoms with Crippen LogP contribution in [0.4, 0.5) is 0 Å². The third-order valence-electron chi connectivity index (χ3n) is 2.14. The molecule has 0 aromatic rings. The Bertz CT molecular complexity index is 114. The second-order valence-corrected chi connectivity index (χ2v) is 2.89. The van der Waals surface area contributed by atoms with Gasteiger partial charge in [0.2, 0.25) is 6.29 Å². The van der Waals surface area contributed by atoms with Gasteiger partial charge in [-0.3, -0.25) is 4.79 Å². The maximum Gasteiger partial charge on any atom is 0.217 e. The Kier molecular flexibility index (Phi) is 2.87. The summed E-state index contributed by atoms with van der Waals surface area (Å²) in [6.45, 7) is 3.14. The SMILES string of the molecule is CCCC1CCN[C@@H]1[C]=O. The predicted octanol–water partition coefficient (Wildman–Crippen LogP) is 0.874. The summed E-state index contributed by atoms with van der Waals surface area (Å²) >= 11 is 0. The van der Waals surface area contributed by atoms with E-state index in [1.165, 1.54) is 6.42 Å². The van der Waals surface area contributed by atoms with E-state index in [1.54, 1.807) is 0 Å². The maximum absolute atomic E-state index is 10.3. The molecule has 1 heterocycles. The van der Waals surface area contributed by atoms with Crippen LogP contribution < -0.4 is 5.32 Å². The summed E-state index contributed by atoms with van der Waals surface area (Å²) in [6, 6.07) is 0.0277. The number of nitrogens with one attached hydrogen (secondary N) is 1. The van der Waals surface area contributed by atoms with Crippen molar-refractivity contribution >= 4 is 6.29 Å². The highest BCUT2D eigenvalue weighted by Crippen LogP contribution is 2.18. The van der Waals surface area contributed by atoms with Gasteiger partial charge in [0.25, 0.3) is 0 Å². The minimum absolute atomic E-state index is 0.0277. The van der Waals surface area contributed by atoms with Crippen LogP contribution in [0, 0.1) is 5.92 Å². The number of carbonyl (C=O) groups excluding carboxylic acids is 1.